The molecule has 3 aromatic rings. The molecule has 5 heteroatoms. The molecule has 4 rings (SSSR count). The summed E-state index contributed by atoms with van der Waals surface area (Å²) >= 11 is 1.76. The maximum absolute atomic E-state index is 6.22. The van der Waals surface area contributed by atoms with Crippen LogP contribution in [0.25, 0.3) is 21.7 Å². The van der Waals surface area contributed by atoms with Gasteiger partial charge in [0.15, 0.2) is 5.82 Å². The molecule has 0 saturated heterocycles. The highest BCUT2D eigenvalue weighted by atomic mass is 32.1. The fourth-order valence-electron chi connectivity index (χ4n) is 3.08. The second-order valence-corrected chi connectivity index (χ2v) is 6.73. The molecule has 4 nitrogen and oxygen atoms in total. The van der Waals surface area contributed by atoms with Gasteiger partial charge in [0.05, 0.1) is 5.39 Å². The second-order valence-electron chi connectivity index (χ2n) is 5.65. The van der Waals surface area contributed by atoms with Gasteiger partial charge in [-0.2, -0.15) is 0 Å². The van der Waals surface area contributed by atoms with Crippen molar-refractivity contribution in [2.24, 2.45) is 0 Å². The molecule has 3 heterocycles. The number of aromatic nitrogens is 3. The van der Waals surface area contributed by atoms with E-state index in [2.05, 4.69) is 16.0 Å². The highest BCUT2D eigenvalue weighted by molar-refractivity contribution is 7.19. The number of nitrogens with two attached hydrogens (primary N) is 1. The average Bonchev–Trinajstić information content (AvgIpc) is 2.98. The summed E-state index contributed by atoms with van der Waals surface area (Å²) < 4.78 is 0. The third kappa shape index (κ3) is 1.92. The number of pyridine rings is 1. The number of nitrogen functional groups attached to an aromatic ring is 1. The fourth-order valence-corrected chi connectivity index (χ4v) is 4.35. The fraction of sp³-hybridized carbons (Fsp3) is 0.312. The molecule has 3 aromatic heterocycles. The third-order valence-corrected chi connectivity index (χ3v) is 5.21. The number of hydrogen-bond acceptors (Lipinski definition) is 5. The zero-order valence-corrected chi connectivity index (χ0v) is 12.9. The van der Waals surface area contributed by atoms with Gasteiger partial charge in [-0.25, -0.2) is 9.97 Å². The van der Waals surface area contributed by atoms with Gasteiger partial charge in [0, 0.05) is 11.1 Å². The van der Waals surface area contributed by atoms with E-state index in [4.69, 9.17) is 10.7 Å². The van der Waals surface area contributed by atoms with Gasteiger partial charge in [0.25, 0.3) is 0 Å². The van der Waals surface area contributed by atoms with E-state index < -0.39 is 0 Å². The van der Waals surface area contributed by atoms with Crippen LogP contribution >= 0.6 is 11.3 Å². The van der Waals surface area contributed by atoms with Crippen molar-refractivity contribution in [2.45, 2.75) is 33.1 Å². The molecule has 1 aliphatic rings. The summed E-state index contributed by atoms with van der Waals surface area (Å²) in [5.41, 5.74) is 10.6. The van der Waals surface area contributed by atoms with Crippen LogP contribution in [0, 0.1) is 13.8 Å². The molecule has 0 fully saturated rings. The Kier molecular flexibility index (Phi) is 2.72. The minimum absolute atomic E-state index is 0.594. The Morgan fingerprint density at radius 2 is 2.05 bits per heavy atom. The highest BCUT2D eigenvalue weighted by Crippen LogP contribution is 2.39. The van der Waals surface area contributed by atoms with Crippen LogP contribution in [0.5, 0.6) is 0 Å². The van der Waals surface area contributed by atoms with E-state index >= 15 is 0 Å². The molecule has 106 valence electrons. The minimum Gasteiger partial charge on any atom is -0.383 e. The molecule has 21 heavy (non-hydrogen) atoms. The van der Waals surface area contributed by atoms with Crippen molar-refractivity contribution in [3.8, 4) is 11.5 Å². The quantitative estimate of drug-likeness (QED) is 0.747. The Hall–Kier alpha value is -2.01. The van der Waals surface area contributed by atoms with Gasteiger partial charge in [-0.1, -0.05) is 6.07 Å². The van der Waals surface area contributed by atoms with Gasteiger partial charge < -0.3 is 5.73 Å². The maximum atomic E-state index is 6.22. The van der Waals surface area contributed by atoms with Crippen molar-refractivity contribution >= 4 is 27.4 Å². The van der Waals surface area contributed by atoms with E-state index in [-0.39, 0.29) is 0 Å². The lowest BCUT2D eigenvalue weighted by molar-refractivity contribution is 0.917. The molecule has 0 amide bonds. The van der Waals surface area contributed by atoms with E-state index in [1.54, 1.807) is 11.3 Å². The first-order chi connectivity index (χ1) is 10.1. The monoisotopic (exact) mass is 296 g/mol. The van der Waals surface area contributed by atoms with Gasteiger partial charge in [-0.05, 0) is 49.8 Å². The van der Waals surface area contributed by atoms with Crippen LogP contribution < -0.4 is 5.73 Å². The van der Waals surface area contributed by atoms with Crippen LogP contribution in [0.1, 0.15) is 28.0 Å². The lowest BCUT2D eigenvalue weighted by Crippen LogP contribution is -2.00. The Morgan fingerprint density at radius 3 is 2.86 bits per heavy atom. The van der Waals surface area contributed by atoms with Crippen LogP contribution in [0.15, 0.2) is 12.3 Å². The summed E-state index contributed by atoms with van der Waals surface area (Å²) in [6, 6.07) is 2.10. The molecular formula is C16H16N4S. The molecule has 0 spiro atoms. The van der Waals surface area contributed by atoms with Crippen LogP contribution in [-0.2, 0) is 12.8 Å². The van der Waals surface area contributed by atoms with Crippen molar-refractivity contribution in [1.29, 1.82) is 0 Å². The van der Waals surface area contributed by atoms with Crippen LogP contribution in [-0.4, -0.2) is 15.0 Å². The van der Waals surface area contributed by atoms with E-state index in [0.29, 0.717) is 11.6 Å². The molecular weight excluding hydrogens is 280 g/mol. The number of aryl methyl sites for hydroxylation is 4. The summed E-state index contributed by atoms with van der Waals surface area (Å²) in [6.45, 7) is 4.07. The molecule has 0 radical (unpaired) electrons. The van der Waals surface area contributed by atoms with Gasteiger partial charge in [-0.3, -0.25) is 4.98 Å². The molecule has 0 aliphatic heterocycles. The zero-order valence-electron chi connectivity index (χ0n) is 12.1. The molecule has 2 N–H and O–H groups in total. The normalized spacial score (nSPS) is 13.8. The minimum atomic E-state index is 0.594. The summed E-state index contributed by atoms with van der Waals surface area (Å²) in [5.74, 6) is 1.23. The molecule has 0 unspecified atom stereocenters. The molecule has 1 aliphatic carbocycles. The number of hydrogen-bond donors (Lipinski definition) is 1. The number of fused-ring (bicyclic) bond motifs is 3. The number of anilines is 1. The van der Waals surface area contributed by atoms with Crippen molar-refractivity contribution in [3.63, 3.8) is 0 Å². The number of thiophene rings is 1. The van der Waals surface area contributed by atoms with Crippen molar-refractivity contribution < 1.29 is 0 Å². The lowest BCUT2D eigenvalue weighted by Gasteiger charge is -2.06. The van der Waals surface area contributed by atoms with Gasteiger partial charge in [0.2, 0.25) is 0 Å². The van der Waals surface area contributed by atoms with E-state index in [1.165, 1.54) is 16.9 Å². The van der Waals surface area contributed by atoms with Crippen LogP contribution in [0.2, 0.25) is 0 Å². The van der Waals surface area contributed by atoms with Crippen LogP contribution in [0.3, 0.4) is 0 Å². The van der Waals surface area contributed by atoms with Crippen LogP contribution in [0.4, 0.5) is 5.82 Å². The highest BCUT2D eigenvalue weighted by Gasteiger charge is 2.22. The van der Waals surface area contributed by atoms with E-state index in [1.807, 2.05) is 20.0 Å². The smallest absolute Gasteiger partial charge is 0.181 e. The summed E-state index contributed by atoms with van der Waals surface area (Å²) in [6.07, 6.45) is 5.31. The zero-order chi connectivity index (χ0) is 14.6. The standard InChI is InChI=1S/C16H16N4S/c1-8-6-9(2)13(18-7-8)15-19-14(17)12-10-4-3-5-11(10)21-16(12)20-15/h6-7H,3-5H2,1-2H3,(H2,17,19,20). The first-order valence-corrected chi connectivity index (χ1v) is 7.96. The Bertz CT molecular complexity index is 866. The van der Waals surface area contributed by atoms with Crippen molar-refractivity contribution in [2.75, 3.05) is 5.73 Å². The largest absolute Gasteiger partial charge is 0.383 e. The predicted octanol–water partition coefficient (Wildman–Crippen LogP) is 3.44. The Morgan fingerprint density at radius 1 is 1.19 bits per heavy atom. The lowest BCUT2D eigenvalue weighted by atomic mass is 10.1. The summed E-state index contributed by atoms with van der Waals surface area (Å²) in [4.78, 5) is 16.2. The summed E-state index contributed by atoms with van der Waals surface area (Å²) in [5, 5.41) is 1.07. The number of rotatable bonds is 1. The summed E-state index contributed by atoms with van der Waals surface area (Å²) in [7, 11) is 0. The average molecular weight is 296 g/mol. The Labute approximate surface area is 127 Å². The second kappa shape index (κ2) is 4.49. The Balaban J connectivity index is 1.95. The third-order valence-electron chi connectivity index (χ3n) is 4.02. The van der Waals surface area contributed by atoms with Crippen molar-refractivity contribution in [3.05, 3.63) is 33.8 Å². The molecule has 0 atom stereocenters. The van der Waals surface area contributed by atoms with Gasteiger partial charge in [0.1, 0.15) is 16.3 Å². The van der Waals surface area contributed by atoms with Crippen molar-refractivity contribution in [1.82, 2.24) is 15.0 Å². The molecule has 0 bridgehead atoms. The van der Waals surface area contributed by atoms with Gasteiger partial charge >= 0.3 is 0 Å². The molecule has 0 saturated carbocycles. The first-order valence-electron chi connectivity index (χ1n) is 7.15. The number of nitrogens with zero attached hydrogens (tertiary/aromatic N) is 3. The van der Waals surface area contributed by atoms with E-state index in [0.717, 1.165) is 39.9 Å². The maximum Gasteiger partial charge on any atom is 0.181 e. The topological polar surface area (TPSA) is 64.7 Å². The molecule has 0 aromatic carbocycles. The predicted molar refractivity (Wildman–Crippen MR) is 86.6 cm³/mol. The van der Waals surface area contributed by atoms with E-state index in [9.17, 15) is 0 Å². The first kappa shape index (κ1) is 12.7. The SMILES string of the molecule is Cc1cnc(-c2nc(N)c3c4c(sc3n2)CCC4)c(C)c1. The van der Waals surface area contributed by atoms with Gasteiger partial charge in [-0.15, -0.1) is 11.3 Å².